The zero-order valence-electron chi connectivity index (χ0n) is 12.0. The average Bonchev–Trinajstić information content (AvgIpc) is 2.36. The van der Waals surface area contributed by atoms with Crippen LogP contribution >= 0.6 is 23.4 Å². The Balaban J connectivity index is 2.64. The van der Waals surface area contributed by atoms with Crippen LogP contribution in [0, 0.1) is 0 Å². The monoisotopic (exact) mass is 318 g/mol. The molecule has 20 heavy (non-hydrogen) atoms. The van der Waals surface area contributed by atoms with E-state index >= 15 is 0 Å². The highest BCUT2D eigenvalue weighted by molar-refractivity contribution is 8.13. The predicted octanol–water partition coefficient (Wildman–Crippen LogP) is 1.85. The lowest BCUT2D eigenvalue weighted by Crippen LogP contribution is -2.25. The minimum absolute atomic E-state index is 0.0609. The highest BCUT2D eigenvalue weighted by Gasteiger charge is 2.10. The molecule has 112 valence electrons. The number of rotatable bonds is 6. The summed E-state index contributed by atoms with van der Waals surface area (Å²) in [5.41, 5.74) is 0. The molecule has 1 aromatic rings. The first-order valence-electron chi connectivity index (χ1n) is 6.16. The number of anilines is 2. The molecule has 0 aromatic carbocycles. The Morgan fingerprint density at radius 2 is 2.10 bits per heavy atom. The van der Waals surface area contributed by atoms with Crippen molar-refractivity contribution in [3.63, 3.8) is 0 Å². The molecule has 0 aliphatic carbocycles. The van der Waals surface area contributed by atoms with E-state index in [0.717, 1.165) is 0 Å². The minimum atomic E-state index is -0.0609. The van der Waals surface area contributed by atoms with Crippen LogP contribution in [-0.2, 0) is 0 Å². The Morgan fingerprint density at radius 3 is 2.70 bits per heavy atom. The third kappa shape index (κ3) is 5.79. The average molecular weight is 319 g/mol. The molecule has 0 saturated heterocycles. The van der Waals surface area contributed by atoms with Crippen LogP contribution in [0.2, 0.25) is 5.28 Å². The van der Waals surface area contributed by atoms with Gasteiger partial charge in [0.1, 0.15) is 0 Å². The van der Waals surface area contributed by atoms with Gasteiger partial charge < -0.3 is 15.5 Å². The number of nitrogens with zero attached hydrogens (tertiary/aromatic N) is 4. The summed E-state index contributed by atoms with van der Waals surface area (Å²) in [7, 11) is 3.45. The van der Waals surface area contributed by atoms with Crippen LogP contribution in [0.4, 0.5) is 16.7 Å². The van der Waals surface area contributed by atoms with Gasteiger partial charge in [0.05, 0.1) is 0 Å². The first-order chi connectivity index (χ1) is 9.42. The highest BCUT2D eigenvalue weighted by Crippen LogP contribution is 2.14. The van der Waals surface area contributed by atoms with Gasteiger partial charge in [-0.05, 0) is 25.4 Å². The Labute approximate surface area is 127 Å². The molecule has 0 unspecified atom stereocenters. The fraction of sp³-hybridized carbons (Fsp3) is 0.636. The maximum Gasteiger partial charge on any atom is 0.278 e. The number of hydrogen-bond acceptors (Lipinski definition) is 7. The first kappa shape index (κ1) is 16.8. The Morgan fingerprint density at radius 1 is 1.40 bits per heavy atom. The zero-order chi connectivity index (χ0) is 15.1. The topological polar surface area (TPSA) is 83.0 Å². The molecule has 0 fully saturated rings. The van der Waals surface area contributed by atoms with Gasteiger partial charge in [-0.3, -0.25) is 4.79 Å². The fourth-order valence-corrected chi connectivity index (χ4v) is 2.13. The van der Waals surface area contributed by atoms with E-state index in [9.17, 15) is 4.79 Å². The summed E-state index contributed by atoms with van der Waals surface area (Å²) in [5.74, 6) is 1.55. The SMILES string of the molecule is CNC(=O)SCCN(C)c1nc(Cl)nc(NC(C)C)n1. The van der Waals surface area contributed by atoms with Crippen molar-refractivity contribution in [3.8, 4) is 0 Å². The largest absolute Gasteiger partial charge is 0.352 e. The third-order valence-corrected chi connectivity index (χ3v) is 3.24. The van der Waals surface area contributed by atoms with Gasteiger partial charge in [-0.25, -0.2) is 0 Å². The van der Waals surface area contributed by atoms with Crippen molar-refractivity contribution in [1.82, 2.24) is 20.3 Å². The number of halogens is 1. The Bertz CT molecular complexity index is 459. The summed E-state index contributed by atoms with van der Waals surface area (Å²) >= 11 is 7.09. The van der Waals surface area contributed by atoms with Crippen LogP contribution in [0.1, 0.15) is 13.8 Å². The number of nitrogens with one attached hydrogen (secondary N) is 2. The number of amides is 1. The predicted molar refractivity (Wildman–Crippen MR) is 83.8 cm³/mol. The lowest BCUT2D eigenvalue weighted by molar-refractivity contribution is 0.262. The Hall–Kier alpha value is -1.28. The quantitative estimate of drug-likeness (QED) is 0.828. The Kier molecular flexibility index (Phi) is 6.80. The normalized spacial score (nSPS) is 10.5. The van der Waals surface area contributed by atoms with Crippen molar-refractivity contribution >= 4 is 40.5 Å². The standard InChI is InChI=1S/C11H19ClN6OS/c1-7(2)14-9-15-8(12)16-10(17-9)18(4)5-6-20-11(19)13-3/h7H,5-6H2,1-4H3,(H,13,19)(H,14,15,16,17). The van der Waals surface area contributed by atoms with E-state index in [1.54, 1.807) is 7.05 Å². The number of thioether (sulfide) groups is 1. The molecule has 0 spiro atoms. The van der Waals surface area contributed by atoms with E-state index in [1.807, 2.05) is 25.8 Å². The van der Waals surface area contributed by atoms with Crippen molar-refractivity contribution in [1.29, 1.82) is 0 Å². The summed E-state index contributed by atoms with van der Waals surface area (Å²) < 4.78 is 0. The second kappa shape index (κ2) is 8.11. The van der Waals surface area contributed by atoms with Gasteiger partial charge >= 0.3 is 0 Å². The van der Waals surface area contributed by atoms with Crippen LogP contribution in [0.5, 0.6) is 0 Å². The van der Waals surface area contributed by atoms with Gasteiger partial charge in [0.2, 0.25) is 17.2 Å². The van der Waals surface area contributed by atoms with E-state index in [1.165, 1.54) is 11.8 Å². The maximum atomic E-state index is 11.1. The van der Waals surface area contributed by atoms with Gasteiger partial charge in [-0.15, -0.1) is 0 Å². The van der Waals surface area contributed by atoms with E-state index in [-0.39, 0.29) is 16.6 Å². The minimum Gasteiger partial charge on any atom is -0.352 e. The smallest absolute Gasteiger partial charge is 0.278 e. The molecular weight excluding hydrogens is 300 g/mol. The second-order valence-corrected chi connectivity index (χ2v) is 5.74. The summed E-state index contributed by atoms with van der Waals surface area (Å²) in [4.78, 5) is 25.3. The number of aromatic nitrogens is 3. The van der Waals surface area contributed by atoms with Crippen molar-refractivity contribution in [2.45, 2.75) is 19.9 Å². The van der Waals surface area contributed by atoms with E-state index in [2.05, 4.69) is 25.6 Å². The molecule has 1 heterocycles. The second-order valence-electron chi connectivity index (χ2n) is 4.33. The van der Waals surface area contributed by atoms with Gasteiger partial charge in [0.25, 0.3) is 5.24 Å². The van der Waals surface area contributed by atoms with E-state index in [4.69, 9.17) is 11.6 Å². The van der Waals surface area contributed by atoms with Gasteiger partial charge in [0.15, 0.2) is 0 Å². The van der Waals surface area contributed by atoms with E-state index in [0.29, 0.717) is 24.2 Å². The summed E-state index contributed by atoms with van der Waals surface area (Å²) in [6.07, 6.45) is 0. The van der Waals surface area contributed by atoms with Crippen LogP contribution in [0.3, 0.4) is 0 Å². The van der Waals surface area contributed by atoms with Gasteiger partial charge in [-0.2, -0.15) is 15.0 Å². The van der Waals surface area contributed by atoms with Crippen LogP contribution in [0.15, 0.2) is 0 Å². The molecule has 1 amide bonds. The van der Waals surface area contributed by atoms with Crippen molar-refractivity contribution in [2.24, 2.45) is 0 Å². The fourth-order valence-electron chi connectivity index (χ4n) is 1.28. The number of carbonyl (C=O) groups is 1. The summed E-state index contributed by atoms with van der Waals surface area (Å²) in [5, 5.41) is 5.71. The molecule has 0 atom stereocenters. The van der Waals surface area contributed by atoms with Gasteiger partial charge in [0, 0.05) is 32.4 Å². The molecule has 0 aliphatic rings. The van der Waals surface area contributed by atoms with Crippen molar-refractivity contribution in [3.05, 3.63) is 5.28 Å². The number of carbonyl (C=O) groups excluding carboxylic acids is 1. The lowest BCUT2D eigenvalue weighted by atomic mass is 10.4. The third-order valence-electron chi connectivity index (χ3n) is 2.22. The maximum absolute atomic E-state index is 11.1. The molecule has 9 heteroatoms. The van der Waals surface area contributed by atoms with Crippen molar-refractivity contribution in [2.75, 3.05) is 36.6 Å². The molecule has 7 nitrogen and oxygen atoms in total. The molecule has 1 aromatic heterocycles. The summed E-state index contributed by atoms with van der Waals surface area (Å²) in [6, 6.07) is 0.204. The van der Waals surface area contributed by atoms with Crippen LogP contribution in [-0.4, -0.2) is 52.6 Å². The van der Waals surface area contributed by atoms with Crippen LogP contribution < -0.4 is 15.5 Å². The zero-order valence-corrected chi connectivity index (χ0v) is 13.5. The molecule has 0 bridgehead atoms. The molecule has 2 N–H and O–H groups in total. The molecule has 0 aliphatic heterocycles. The first-order valence-corrected chi connectivity index (χ1v) is 7.52. The number of hydrogen-bond donors (Lipinski definition) is 2. The highest BCUT2D eigenvalue weighted by atomic mass is 35.5. The summed E-state index contributed by atoms with van der Waals surface area (Å²) in [6.45, 7) is 4.60. The van der Waals surface area contributed by atoms with Crippen LogP contribution in [0.25, 0.3) is 0 Å². The van der Waals surface area contributed by atoms with Crippen molar-refractivity contribution < 1.29 is 4.79 Å². The van der Waals surface area contributed by atoms with Gasteiger partial charge in [-0.1, -0.05) is 11.8 Å². The molecular formula is C11H19ClN6OS. The van der Waals surface area contributed by atoms with E-state index < -0.39 is 0 Å². The molecule has 0 saturated carbocycles. The molecule has 1 rings (SSSR count). The lowest BCUT2D eigenvalue weighted by Gasteiger charge is -2.17. The molecule has 0 radical (unpaired) electrons.